The van der Waals surface area contributed by atoms with Gasteiger partial charge in [-0.1, -0.05) is 72.3 Å². The maximum Gasteiger partial charge on any atom is 0.336 e. The summed E-state index contributed by atoms with van der Waals surface area (Å²) in [4.78, 5) is 31.6. The fraction of sp³-hybridized carbons (Fsp3) is 0.905. The van der Waals surface area contributed by atoms with Crippen molar-refractivity contribution >= 4 is 11.9 Å². The highest BCUT2D eigenvalue weighted by atomic mass is 16.8. The quantitative estimate of drug-likeness (QED) is 0.0157. The zero-order valence-corrected chi connectivity index (χ0v) is 72.4. The van der Waals surface area contributed by atoms with Gasteiger partial charge in [0, 0.05) is 11.8 Å². The molecule has 5 aliphatic carbocycles. The Balaban J connectivity index is 0.787. The number of rotatable bonds is 27. The number of ether oxygens (including phenoxy) is 17. The smallest absolute Gasteiger partial charge is 0.336 e. The van der Waals surface area contributed by atoms with Gasteiger partial charge in [0.2, 0.25) is 6.29 Å². The molecule has 43 heteroatoms. The number of hydrogen-bond acceptors (Lipinski definition) is 43. The highest BCUT2D eigenvalue weighted by molar-refractivity contribution is 5.89. The molecule has 728 valence electrons. The zero-order valence-electron chi connectivity index (χ0n) is 72.4. The van der Waals surface area contributed by atoms with Crippen molar-refractivity contribution in [3.8, 4) is 0 Å². The lowest BCUT2D eigenvalue weighted by atomic mass is 9.33. The number of allylic oxidation sites excluding steroid dienone is 3. The molecule has 13 rings (SSSR count). The lowest BCUT2D eigenvalue weighted by Crippen LogP contribution is -2.70. The third kappa shape index (κ3) is 18.7. The number of carbonyl (C=O) groups excluding carboxylic acids is 2. The van der Waals surface area contributed by atoms with Gasteiger partial charge in [0.05, 0.1) is 82.3 Å². The van der Waals surface area contributed by atoms with E-state index in [0.29, 0.717) is 32.1 Å². The van der Waals surface area contributed by atoms with E-state index < -0.39 is 348 Å². The summed E-state index contributed by atoms with van der Waals surface area (Å²) in [6, 6.07) is 0. The van der Waals surface area contributed by atoms with Crippen molar-refractivity contribution < 1.29 is 213 Å². The third-order valence-electron chi connectivity index (χ3n) is 30.7. The van der Waals surface area contributed by atoms with E-state index in [1.54, 1.807) is 20.8 Å². The van der Waals surface area contributed by atoms with Gasteiger partial charge in [-0.05, 0) is 111 Å². The van der Waals surface area contributed by atoms with Crippen molar-refractivity contribution in [1.82, 2.24) is 0 Å². The van der Waals surface area contributed by atoms with Crippen molar-refractivity contribution in [3.05, 3.63) is 36.0 Å². The number of fused-ring (bicyclic) bond motifs is 7. The topological polar surface area (TPSA) is 677 Å². The molecule has 0 aromatic heterocycles. The lowest BCUT2D eigenvalue weighted by Gasteiger charge is -2.72. The molecule has 13 aliphatic rings. The van der Waals surface area contributed by atoms with Crippen LogP contribution in [0.2, 0.25) is 0 Å². The molecule has 0 amide bonds. The van der Waals surface area contributed by atoms with E-state index in [-0.39, 0.29) is 49.7 Å². The molecule has 0 spiro atoms. The van der Waals surface area contributed by atoms with E-state index in [9.17, 15) is 127 Å². The van der Waals surface area contributed by atoms with Gasteiger partial charge in [0.15, 0.2) is 50.1 Å². The van der Waals surface area contributed by atoms with Crippen LogP contribution < -0.4 is 0 Å². The fourth-order valence-corrected chi connectivity index (χ4v) is 22.6. The van der Waals surface area contributed by atoms with Crippen molar-refractivity contribution in [2.75, 3.05) is 52.9 Å². The second-order valence-electron chi connectivity index (χ2n) is 39.2. The predicted molar refractivity (Wildman–Crippen MR) is 420 cm³/mol. The third-order valence-corrected chi connectivity index (χ3v) is 30.7. The molecule has 24 N–H and O–H groups in total. The molecule has 47 atom stereocenters. The van der Waals surface area contributed by atoms with Crippen LogP contribution in [0, 0.1) is 50.2 Å². The SMILES string of the molecule is C=CC(C)(CCC=C(CO)C(=O)OC1CC2(C(=O)OC3OC(CO)C(O)C(O)C3OC3OC(C)C(OC4OC(CO)C(O)C4O)C(OC4OC(CO)C(O)C(O)C4O)C3O)C(O)CC3(C)C(=CCC4C5(C)CCC(OC6OC(COC7OCC(O)C(O)C7OC7OCC(O)C(O)C7O)C(O)C(O)C6O)C(C)(C)C5CCC43C)C2CC1(C)C)OC1OCC(O)C(O)C1O. The Kier molecular flexibility index (Phi) is 31.3. The van der Waals surface area contributed by atoms with E-state index in [0.717, 1.165) is 5.57 Å². The monoisotopic (exact) mass is 1830 g/mol. The highest BCUT2D eigenvalue weighted by Gasteiger charge is 2.74. The van der Waals surface area contributed by atoms with E-state index in [1.807, 2.05) is 13.8 Å². The molecule has 47 unspecified atom stereocenters. The van der Waals surface area contributed by atoms with Crippen LogP contribution in [0.1, 0.15) is 127 Å². The van der Waals surface area contributed by atoms with Crippen molar-refractivity contribution in [2.45, 2.75) is 372 Å². The van der Waals surface area contributed by atoms with Crippen molar-refractivity contribution in [2.24, 2.45) is 50.2 Å². The van der Waals surface area contributed by atoms with E-state index in [1.165, 1.54) is 19.1 Å². The van der Waals surface area contributed by atoms with Gasteiger partial charge >= 0.3 is 11.9 Å². The fourth-order valence-electron chi connectivity index (χ4n) is 22.6. The van der Waals surface area contributed by atoms with Gasteiger partial charge < -0.3 is 203 Å². The zero-order chi connectivity index (χ0) is 92.9. The van der Waals surface area contributed by atoms with Crippen LogP contribution in [0.15, 0.2) is 36.0 Å². The second kappa shape index (κ2) is 39.4. The Morgan fingerprint density at radius 1 is 0.488 bits per heavy atom. The minimum absolute atomic E-state index is 0.00980. The number of hydrogen-bond donors (Lipinski definition) is 24. The molecule has 127 heavy (non-hydrogen) atoms. The first-order valence-electron chi connectivity index (χ1n) is 43.8. The minimum Gasteiger partial charge on any atom is -0.458 e. The van der Waals surface area contributed by atoms with Gasteiger partial charge in [-0.25, -0.2) is 4.79 Å². The van der Waals surface area contributed by atoms with E-state index in [4.69, 9.17) is 80.5 Å². The molecule has 8 saturated heterocycles. The van der Waals surface area contributed by atoms with Crippen LogP contribution in [0.5, 0.6) is 0 Å². The highest BCUT2D eigenvalue weighted by Crippen LogP contribution is 2.76. The number of esters is 2. The first-order valence-corrected chi connectivity index (χ1v) is 43.8. The molecule has 8 heterocycles. The van der Waals surface area contributed by atoms with Crippen molar-refractivity contribution in [3.63, 3.8) is 0 Å². The van der Waals surface area contributed by atoms with Crippen LogP contribution in [-0.2, 0) is 90.1 Å². The molecular formula is C84H134O43. The molecule has 8 aliphatic heterocycles. The average molecular weight is 1830 g/mol. The normalized spacial score (nSPS) is 51.1. The maximum absolute atomic E-state index is 16.7. The number of aliphatic hydroxyl groups is 24. The molecule has 4 saturated carbocycles. The Labute approximate surface area is 732 Å². The van der Waals surface area contributed by atoms with Crippen LogP contribution >= 0.6 is 0 Å². The Morgan fingerprint density at radius 2 is 0.976 bits per heavy atom. The Morgan fingerprint density at radius 3 is 1.57 bits per heavy atom. The van der Waals surface area contributed by atoms with Gasteiger partial charge in [0.25, 0.3) is 0 Å². The standard InChI is InChI=1S/C84H134O43/c1-11-80(7,127-70-59(104)49(94)37(90)29-112-70)18-12-13-33(24-85)68(109)120-47-23-84(77(110)126-76-67(57(102)52(97)40(26-87)118-76)125-74-63(108)65(123-73-62(107)55(100)51(96)39(25-86)116-73)64(32(2)115-74)122-72-60(105)53(98)41(27-88)117-72)35(21-78(47,3)4)34-14-15-44-81(8)19-17-46(79(5,6)43(81)16-20-82(44,9)83(34,10)22-45(84)92)121-71-61(106)56(101)54(99)42(119-71)31-114-75-66(50(95)38(91)30-113-75)124-69-58(103)48(93)36(89)28-111-69/h11,13-14,32,35-67,69-76,85-108H,1,12,15-31H2,2-10H3. The first kappa shape index (κ1) is 101. The molecule has 0 aromatic carbocycles. The number of aliphatic hydroxyl groups excluding tert-OH is 24. The molecule has 0 aromatic rings. The van der Waals surface area contributed by atoms with E-state index in [2.05, 4.69) is 33.4 Å². The summed E-state index contributed by atoms with van der Waals surface area (Å²) in [7, 11) is 0. The summed E-state index contributed by atoms with van der Waals surface area (Å²) in [5.41, 5.74) is -7.17. The summed E-state index contributed by atoms with van der Waals surface area (Å²) in [6.45, 7) is 15.4. The van der Waals surface area contributed by atoms with Crippen LogP contribution in [0.25, 0.3) is 0 Å². The predicted octanol–water partition coefficient (Wildman–Crippen LogP) is -8.03. The van der Waals surface area contributed by atoms with Gasteiger partial charge in [-0.3, -0.25) is 4.79 Å². The molecule has 0 bridgehead atoms. The average Bonchev–Trinajstić information content (AvgIpc) is 0.988. The van der Waals surface area contributed by atoms with Gasteiger partial charge in [-0.2, -0.15) is 0 Å². The van der Waals surface area contributed by atoms with Crippen molar-refractivity contribution in [1.29, 1.82) is 0 Å². The summed E-state index contributed by atoms with van der Waals surface area (Å²) in [5, 5.41) is 265. The molecular weight excluding hydrogens is 1700 g/mol. The number of carbonyl (C=O) groups is 2. The minimum atomic E-state index is -2.27. The van der Waals surface area contributed by atoms with E-state index >= 15 is 4.79 Å². The van der Waals surface area contributed by atoms with Gasteiger partial charge in [-0.15, -0.1) is 6.58 Å². The maximum atomic E-state index is 16.7. The Bertz CT molecular complexity index is 3770. The van der Waals surface area contributed by atoms with Crippen LogP contribution in [0.4, 0.5) is 0 Å². The largest absolute Gasteiger partial charge is 0.458 e. The molecule has 12 fully saturated rings. The van der Waals surface area contributed by atoms with Crippen LogP contribution in [-0.4, -0.2) is 432 Å². The first-order chi connectivity index (χ1) is 59.7. The summed E-state index contributed by atoms with van der Waals surface area (Å²) >= 11 is 0. The summed E-state index contributed by atoms with van der Waals surface area (Å²) in [6.07, 6.45) is -61.2. The summed E-state index contributed by atoms with van der Waals surface area (Å²) in [5.74, 6) is -3.64. The Hall–Kier alpha value is -3.40. The second-order valence-corrected chi connectivity index (χ2v) is 39.2. The molecule has 43 nitrogen and oxygen atoms in total. The lowest BCUT2D eigenvalue weighted by molar-refractivity contribution is -0.390. The summed E-state index contributed by atoms with van der Waals surface area (Å²) < 4.78 is 103. The molecule has 0 radical (unpaired) electrons. The van der Waals surface area contributed by atoms with Crippen LogP contribution in [0.3, 0.4) is 0 Å². The van der Waals surface area contributed by atoms with Gasteiger partial charge in [0.1, 0.15) is 170 Å².